The van der Waals surface area contributed by atoms with Crippen LogP contribution in [0.3, 0.4) is 0 Å². The number of hydrogen-bond acceptors (Lipinski definition) is 3. The Labute approximate surface area is 109 Å². The second-order valence-electron chi connectivity index (χ2n) is 6.10. The van der Waals surface area contributed by atoms with Crippen LogP contribution in [0.2, 0.25) is 0 Å². The van der Waals surface area contributed by atoms with Gasteiger partial charge < -0.3 is 5.32 Å². The lowest BCUT2D eigenvalue weighted by Crippen LogP contribution is -2.51. The highest BCUT2D eigenvalue weighted by atomic mass is 16.2. The molecule has 1 aliphatic heterocycles. The molecule has 0 aromatic carbocycles. The molecule has 0 bridgehead atoms. The SMILES string of the molecule is CC1CCN(CC(=O)NC(C)(C#N)C2CC2)CC1. The Morgan fingerprint density at radius 3 is 2.50 bits per heavy atom. The number of carbonyl (C=O) groups excluding carboxylic acids is 1. The number of piperidine rings is 1. The van der Waals surface area contributed by atoms with Crippen LogP contribution >= 0.6 is 0 Å². The van der Waals surface area contributed by atoms with Gasteiger partial charge in [0.2, 0.25) is 5.91 Å². The molecule has 100 valence electrons. The number of nitriles is 1. The van der Waals surface area contributed by atoms with E-state index in [2.05, 4.69) is 23.2 Å². The van der Waals surface area contributed by atoms with Gasteiger partial charge in [-0.05, 0) is 57.5 Å². The van der Waals surface area contributed by atoms with Gasteiger partial charge in [0.15, 0.2) is 0 Å². The van der Waals surface area contributed by atoms with E-state index in [1.165, 1.54) is 12.8 Å². The summed E-state index contributed by atoms with van der Waals surface area (Å²) >= 11 is 0. The van der Waals surface area contributed by atoms with Crippen molar-refractivity contribution >= 4 is 5.91 Å². The molecule has 1 heterocycles. The lowest BCUT2D eigenvalue weighted by Gasteiger charge is -2.31. The van der Waals surface area contributed by atoms with Crippen LogP contribution < -0.4 is 5.32 Å². The minimum atomic E-state index is -0.653. The average Bonchev–Trinajstić information content (AvgIpc) is 3.16. The summed E-state index contributed by atoms with van der Waals surface area (Å²) in [7, 11) is 0. The molecule has 0 aromatic heterocycles. The highest BCUT2D eigenvalue weighted by Gasteiger charge is 2.43. The van der Waals surface area contributed by atoms with E-state index in [9.17, 15) is 10.1 Å². The van der Waals surface area contributed by atoms with E-state index in [0.717, 1.165) is 31.8 Å². The van der Waals surface area contributed by atoms with Gasteiger partial charge in [0.25, 0.3) is 0 Å². The first-order valence-corrected chi connectivity index (χ1v) is 6.98. The summed E-state index contributed by atoms with van der Waals surface area (Å²) < 4.78 is 0. The van der Waals surface area contributed by atoms with Crippen molar-refractivity contribution in [1.29, 1.82) is 5.26 Å². The third-order valence-corrected chi connectivity index (χ3v) is 4.27. The molecular weight excluding hydrogens is 226 g/mol. The molecule has 1 atom stereocenters. The largest absolute Gasteiger partial charge is 0.337 e. The van der Waals surface area contributed by atoms with Crippen LogP contribution in [0.1, 0.15) is 39.5 Å². The number of likely N-dealkylation sites (tertiary alicyclic amines) is 1. The van der Waals surface area contributed by atoms with E-state index >= 15 is 0 Å². The number of carbonyl (C=O) groups is 1. The summed E-state index contributed by atoms with van der Waals surface area (Å²) in [5.41, 5.74) is -0.653. The van der Waals surface area contributed by atoms with Crippen molar-refractivity contribution in [2.45, 2.75) is 45.1 Å². The third-order valence-electron chi connectivity index (χ3n) is 4.27. The zero-order valence-electron chi connectivity index (χ0n) is 11.4. The lowest BCUT2D eigenvalue weighted by atomic mass is 9.97. The van der Waals surface area contributed by atoms with Crippen molar-refractivity contribution in [3.8, 4) is 6.07 Å². The molecule has 1 unspecified atom stereocenters. The molecule has 1 amide bonds. The quantitative estimate of drug-likeness (QED) is 0.822. The molecular formula is C14H23N3O. The van der Waals surface area contributed by atoms with Gasteiger partial charge in [-0.15, -0.1) is 0 Å². The summed E-state index contributed by atoms with van der Waals surface area (Å²) in [5, 5.41) is 12.1. The van der Waals surface area contributed by atoms with E-state index < -0.39 is 5.54 Å². The number of nitrogens with zero attached hydrogens (tertiary/aromatic N) is 2. The number of amides is 1. The normalized spacial score (nSPS) is 25.2. The number of hydrogen-bond donors (Lipinski definition) is 1. The summed E-state index contributed by atoms with van der Waals surface area (Å²) in [6.07, 6.45) is 4.47. The van der Waals surface area contributed by atoms with Crippen molar-refractivity contribution in [3.05, 3.63) is 0 Å². The van der Waals surface area contributed by atoms with Crippen molar-refractivity contribution in [1.82, 2.24) is 10.2 Å². The topological polar surface area (TPSA) is 56.1 Å². The fraction of sp³-hybridized carbons (Fsp3) is 0.857. The molecule has 18 heavy (non-hydrogen) atoms. The molecule has 2 rings (SSSR count). The minimum Gasteiger partial charge on any atom is -0.337 e. The van der Waals surface area contributed by atoms with Gasteiger partial charge in [-0.25, -0.2) is 0 Å². The van der Waals surface area contributed by atoms with Crippen LogP contribution in [0.25, 0.3) is 0 Å². The average molecular weight is 249 g/mol. The molecule has 2 aliphatic rings. The first-order chi connectivity index (χ1) is 8.53. The van der Waals surface area contributed by atoms with Crippen molar-refractivity contribution < 1.29 is 4.79 Å². The first kappa shape index (κ1) is 13.4. The minimum absolute atomic E-state index is 0.000466. The van der Waals surface area contributed by atoms with Crippen LogP contribution in [-0.2, 0) is 4.79 Å². The Bertz CT molecular complexity index is 351. The van der Waals surface area contributed by atoms with Crippen molar-refractivity contribution in [2.24, 2.45) is 11.8 Å². The molecule has 1 saturated carbocycles. The zero-order valence-corrected chi connectivity index (χ0v) is 11.4. The second-order valence-corrected chi connectivity index (χ2v) is 6.10. The standard InChI is InChI=1S/C14H23N3O/c1-11-5-7-17(8-6-11)9-13(18)16-14(2,10-15)12-3-4-12/h11-12H,3-9H2,1-2H3,(H,16,18). The Balaban J connectivity index is 1.80. The maximum absolute atomic E-state index is 12.0. The monoisotopic (exact) mass is 249 g/mol. The molecule has 0 spiro atoms. The first-order valence-electron chi connectivity index (χ1n) is 6.98. The summed E-state index contributed by atoms with van der Waals surface area (Å²) in [6.45, 7) is 6.55. The van der Waals surface area contributed by atoms with Crippen LogP contribution in [0.5, 0.6) is 0 Å². The fourth-order valence-corrected chi connectivity index (χ4v) is 2.63. The summed E-state index contributed by atoms with van der Waals surface area (Å²) in [5.74, 6) is 1.13. The van der Waals surface area contributed by atoms with E-state index in [4.69, 9.17) is 0 Å². The maximum Gasteiger partial charge on any atom is 0.235 e. The highest BCUT2D eigenvalue weighted by molar-refractivity contribution is 5.79. The Kier molecular flexibility index (Phi) is 3.91. The third kappa shape index (κ3) is 3.23. The summed E-state index contributed by atoms with van der Waals surface area (Å²) in [4.78, 5) is 14.2. The Morgan fingerprint density at radius 2 is 2.00 bits per heavy atom. The van der Waals surface area contributed by atoms with E-state index in [0.29, 0.717) is 12.5 Å². The molecule has 1 N–H and O–H groups in total. The van der Waals surface area contributed by atoms with Gasteiger partial charge in [0.1, 0.15) is 5.54 Å². The molecule has 1 aliphatic carbocycles. The molecule has 4 nitrogen and oxygen atoms in total. The van der Waals surface area contributed by atoms with Gasteiger partial charge in [-0.1, -0.05) is 6.92 Å². The maximum atomic E-state index is 12.0. The van der Waals surface area contributed by atoms with Crippen LogP contribution in [0.4, 0.5) is 0 Å². The summed E-state index contributed by atoms with van der Waals surface area (Å²) in [6, 6.07) is 2.27. The molecule has 1 saturated heterocycles. The van der Waals surface area contributed by atoms with Gasteiger partial charge >= 0.3 is 0 Å². The zero-order chi connectivity index (χ0) is 13.2. The van der Waals surface area contributed by atoms with Gasteiger partial charge in [0.05, 0.1) is 12.6 Å². The van der Waals surface area contributed by atoms with Gasteiger partial charge in [0, 0.05) is 0 Å². The molecule has 4 heteroatoms. The van der Waals surface area contributed by atoms with Crippen LogP contribution in [0, 0.1) is 23.2 Å². The second kappa shape index (κ2) is 5.27. The Morgan fingerprint density at radius 1 is 1.39 bits per heavy atom. The van der Waals surface area contributed by atoms with Crippen molar-refractivity contribution in [2.75, 3.05) is 19.6 Å². The molecule has 2 fully saturated rings. The number of rotatable bonds is 4. The molecule has 0 aromatic rings. The fourth-order valence-electron chi connectivity index (χ4n) is 2.63. The highest BCUT2D eigenvalue weighted by Crippen LogP contribution is 2.39. The predicted octanol–water partition coefficient (Wildman–Crippen LogP) is 1.53. The smallest absolute Gasteiger partial charge is 0.235 e. The van der Waals surface area contributed by atoms with Crippen LogP contribution in [0.15, 0.2) is 0 Å². The van der Waals surface area contributed by atoms with Crippen molar-refractivity contribution in [3.63, 3.8) is 0 Å². The lowest BCUT2D eigenvalue weighted by molar-refractivity contribution is -0.124. The van der Waals surface area contributed by atoms with E-state index in [1.54, 1.807) is 0 Å². The molecule has 0 radical (unpaired) electrons. The van der Waals surface area contributed by atoms with Crippen LogP contribution in [-0.4, -0.2) is 36.0 Å². The van der Waals surface area contributed by atoms with Gasteiger partial charge in [-0.2, -0.15) is 5.26 Å². The number of nitrogens with one attached hydrogen (secondary N) is 1. The van der Waals surface area contributed by atoms with E-state index in [1.807, 2.05) is 6.92 Å². The predicted molar refractivity (Wildman–Crippen MR) is 69.7 cm³/mol. The van der Waals surface area contributed by atoms with Gasteiger partial charge in [-0.3, -0.25) is 9.69 Å². The Hall–Kier alpha value is -1.08. The van der Waals surface area contributed by atoms with E-state index in [-0.39, 0.29) is 5.91 Å².